The summed E-state index contributed by atoms with van der Waals surface area (Å²) >= 11 is 12.5. The molecule has 2 aromatic heterocycles. The Balaban J connectivity index is 2.15. The van der Waals surface area contributed by atoms with E-state index < -0.39 is 0 Å². The summed E-state index contributed by atoms with van der Waals surface area (Å²) < 4.78 is 0. The molecule has 0 saturated carbocycles. The van der Waals surface area contributed by atoms with Gasteiger partial charge in [-0.25, -0.2) is 4.98 Å². The molecule has 0 aliphatic carbocycles. The second-order valence-electron chi connectivity index (χ2n) is 4.39. The van der Waals surface area contributed by atoms with Crippen LogP contribution in [-0.2, 0) is 0 Å². The van der Waals surface area contributed by atoms with E-state index in [0.717, 1.165) is 28.3 Å². The molecule has 5 heteroatoms. The first kappa shape index (κ1) is 13.2. The first-order chi connectivity index (χ1) is 9.66. The van der Waals surface area contributed by atoms with Crippen LogP contribution in [0.1, 0.15) is 5.69 Å². The summed E-state index contributed by atoms with van der Waals surface area (Å²) in [5.74, 6) is 0.774. The summed E-state index contributed by atoms with van der Waals surface area (Å²) in [6.45, 7) is 1.95. The molecule has 0 spiro atoms. The molecule has 0 bridgehead atoms. The molecule has 3 nitrogen and oxygen atoms in total. The number of benzene rings is 1. The van der Waals surface area contributed by atoms with E-state index in [1.807, 2.05) is 37.3 Å². The van der Waals surface area contributed by atoms with Crippen LogP contribution in [0.4, 0.5) is 0 Å². The number of aromatic amines is 1. The lowest BCUT2D eigenvalue weighted by Gasteiger charge is -2.04. The van der Waals surface area contributed by atoms with Gasteiger partial charge in [-0.3, -0.25) is 4.98 Å². The first-order valence-corrected chi connectivity index (χ1v) is 6.84. The Kier molecular flexibility index (Phi) is 3.47. The molecule has 0 atom stereocenters. The molecule has 0 aliphatic heterocycles. The number of aromatic nitrogens is 3. The van der Waals surface area contributed by atoms with Gasteiger partial charge in [-0.15, -0.1) is 0 Å². The van der Waals surface area contributed by atoms with Crippen LogP contribution in [0.5, 0.6) is 0 Å². The maximum Gasteiger partial charge on any atom is 0.138 e. The SMILES string of the molecule is Cc1[nH]c(-c2ccncc2)nc1-c1c(Cl)cccc1Cl. The highest BCUT2D eigenvalue weighted by molar-refractivity contribution is 6.39. The lowest BCUT2D eigenvalue weighted by molar-refractivity contribution is 1.24. The van der Waals surface area contributed by atoms with Crippen molar-refractivity contribution < 1.29 is 0 Å². The molecule has 0 aliphatic rings. The van der Waals surface area contributed by atoms with Gasteiger partial charge in [0.2, 0.25) is 0 Å². The van der Waals surface area contributed by atoms with Crippen LogP contribution in [0.2, 0.25) is 10.0 Å². The van der Waals surface area contributed by atoms with Crippen molar-refractivity contribution in [3.8, 4) is 22.6 Å². The van der Waals surface area contributed by atoms with Crippen LogP contribution in [0.3, 0.4) is 0 Å². The minimum absolute atomic E-state index is 0.591. The zero-order valence-electron chi connectivity index (χ0n) is 10.7. The van der Waals surface area contributed by atoms with E-state index in [0.29, 0.717) is 10.0 Å². The van der Waals surface area contributed by atoms with E-state index in [1.54, 1.807) is 12.4 Å². The summed E-state index contributed by atoms with van der Waals surface area (Å²) in [6.07, 6.45) is 3.46. The Labute approximate surface area is 126 Å². The van der Waals surface area contributed by atoms with Crippen molar-refractivity contribution in [2.24, 2.45) is 0 Å². The summed E-state index contributed by atoms with van der Waals surface area (Å²) in [4.78, 5) is 11.9. The molecular weight excluding hydrogens is 293 g/mol. The predicted molar refractivity (Wildman–Crippen MR) is 82.0 cm³/mol. The van der Waals surface area contributed by atoms with Crippen LogP contribution in [0.25, 0.3) is 22.6 Å². The average molecular weight is 304 g/mol. The zero-order chi connectivity index (χ0) is 14.1. The van der Waals surface area contributed by atoms with E-state index in [1.165, 1.54) is 0 Å². The van der Waals surface area contributed by atoms with Crippen molar-refractivity contribution >= 4 is 23.2 Å². The number of nitrogens with zero attached hydrogens (tertiary/aromatic N) is 2. The third kappa shape index (κ3) is 2.30. The molecule has 0 fully saturated rings. The minimum atomic E-state index is 0.591. The van der Waals surface area contributed by atoms with E-state index in [2.05, 4.69) is 15.0 Å². The van der Waals surface area contributed by atoms with Crippen molar-refractivity contribution in [3.63, 3.8) is 0 Å². The zero-order valence-corrected chi connectivity index (χ0v) is 12.2. The van der Waals surface area contributed by atoms with Gasteiger partial charge < -0.3 is 4.98 Å². The van der Waals surface area contributed by atoms with Crippen LogP contribution in [0, 0.1) is 6.92 Å². The Morgan fingerprint density at radius 2 is 1.65 bits per heavy atom. The largest absolute Gasteiger partial charge is 0.342 e. The number of hydrogen-bond acceptors (Lipinski definition) is 2. The second kappa shape index (κ2) is 5.27. The van der Waals surface area contributed by atoms with E-state index in [9.17, 15) is 0 Å². The third-order valence-corrected chi connectivity index (χ3v) is 3.67. The number of rotatable bonds is 2. The molecule has 3 rings (SSSR count). The predicted octanol–water partition coefficient (Wildman–Crippen LogP) is 4.75. The van der Waals surface area contributed by atoms with Crippen molar-refractivity contribution in [1.82, 2.24) is 15.0 Å². The molecule has 2 heterocycles. The fraction of sp³-hybridized carbons (Fsp3) is 0.0667. The van der Waals surface area contributed by atoms with Gasteiger partial charge in [0.05, 0.1) is 15.7 Å². The summed E-state index contributed by atoms with van der Waals surface area (Å²) in [7, 11) is 0. The highest BCUT2D eigenvalue weighted by Gasteiger charge is 2.15. The Bertz CT molecular complexity index is 731. The maximum atomic E-state index is 6.24. The number of pyridine rings is 1. The van der Waals surface area contributed by atoms with Crippen LogP contribution >= 0.6 is 23.2 Å². The number of halogens is 2. The summed E-state index contributed by atoms with van der Waals surface area (Å²) in [5.41, 5.74) is 3.42. The summed E-state index contributed by atoms with van der Waals surface area (Å²) in [6, 6.07) is 9.23. The van der Waals surface area contributed by atoms with Gasteiger partial charge in [0.25, 0.3) is 0 Å². The molecule has 20 heavy (non-hydrogen) atoms. The van der Waals surface area contributed by atoms with Crippen molar-refractivity contribution in [3.05, 3.63) is 58.5 Å². The van der Waals surface area contributed by atoms with Crippen LogP contribution in [0.15, 0.2) is 42.7 Å². The maximum absolute atomic E-state index is 6.24. The van der Waals surface area contributed by atoms with Gasteiger partial charge in [-0.1, -0.05) is 29.3 Å². The number of H-pyrrole nitrogens is 1. The fourth-order valence-electron chi connectivity index (χ4n) is 2.07. The highest BCUT2D eigenvalue weighted by atomic mass is 35.5. The van der Waals surface area contributed by atoms with E-state index >= 15 is 0 Å². The van der Waals surface area contributed by atoms with Crippen LogP contribution in [-0.4, -0.2) is 15.0 Å². The molecule has 0 saturated heterocycles. The van der Waals surface area contributed by atoms with E-state index in [-0.39, 0.29) is 0 Å². The molecule has 0 amide bonds. The average Bonchev–Trinajstić information content (AvgIpc) is 2.82. The normalized spacial score (nSPS) is 10.8. The van der Waals surface area contributed by atoms with Crippen molar-refractivity contribution in [1.29, 1.82) is 0 Å². The minimum Gasteiger partial charge on any atom is -0.342 e. The number of hydrogen-bond donors (Lipinski definition) is 1. The Morgan fingerprint density at radius 1 is 1.00 bits per heavy atom. The van der Waals surface area contributed by atoms with Gasteiger partial charge >= 0.3 is 0 Å². The standard InChI is InChI=1S/C15H11Cl2N3/c1-9-14(13-11(16)3-2-4-12(13)17)20-15(19-9)10-5-7-18-8-6-10/h2-8H,1H3,(H,19,20). The first-order valence-electron chi connectivity index (χ1n) is 6.08. The Morgan fingerprint density at radius 3 is 2.30 bits per heavy atom. The van der Waals surface area contributed by atoms with Crippen molar-refractivity contribution in [2.75, 3.05) is 0 Å². The van der Waals surface area contributed by atoms with Gasteiger partial charge in [-0.2, -0.15) is 0 Å². The van der Waals surface area contributed by atoms with Crippen molar-refractivity contribution in [2.45, 2.75) is 6.92 Å². The van der Waals surface area contributed by atoms with Gasteiger partial charge in [0.15, 0.2) is 0 Å². The van der Waals surface area contributed by atoms with Gasteiger partial charge in [-0.05, 0) is 31.2 Å². The summed E-state index contributed by atoms with van der Waals surface area (Å²) in [5, 5.41) is 1.18. The molecule has 1 N–H and O–H groups in total. The lowest BCUT2D eigenvalue weighted by Crippen LogP contribution is -1.85. The molecular formula is C15H11Cl2N3. The third-order valence-electron chi connectivity index (χ3n) is 3.04. The quantitative estimate of drug-likeness (QED) is 0.742. The number of aryl methyl sites for hydroxylation is 1. The lowest BCUT2D eigenvalue weighted by atomic mass is 10.1. The second-order valence-corrected chi connectivity index (χ2v) is 5.21. The number of nitrogens with one attached hydrogen (secondary N) is 1. The van der Waals surface area contributed by atoms with Gasteiger partial charge in [0.1, 0.15) is 5.82 Å². The Hall–Kier alpha value is -1.84. The molecule has 0 unspecified atom stereocenters. The smallest absolute Gasteiger partial charge is 0.138 e. The molecule has 0 radical (unpaired) electrons. The molecule has 1 aromatic carbocycles. The molecule has 3 aromatic rings. The highest BCUT2D eigenvalue weighted by Crippen LogP contribution is 2.36. The topological polar surface area (TPSA) is 41.6 Å². The van der Waals surface area contributed by atoms with E-state index in [4.69, 9.17) is 23.2 Å². The van der Waals surface area contributed by atoms with Crippen LogP contribution < -0.4 is 0 Å². The number of imidazole rings is 1. The van der Waals surface area contributed by atoms with Gasteiger partial charge in [0, 0.05) is 29.2 Å². The fourth-order valence-corrected chi connectivity index (χ4v) is 2.65. The molecule has 100 valence electrons. The monoisotopic (exact) mass is 303 g/mol.